The van der Waals surface area contributed by atoms with Gasteiger partial charge in [0.1, 0.15) is 5.82 Å². The minimum absolute atomic E-state index is 0.279. The monoisotopic (exact) mass is 292 g/mol. The van der Waals surface area contributed by atoms with E-state index in [0.29, 0.717) is 18.3 Å². The van der Waals surface area contributed by atoms with Crippen molar-refractivity contribution in [2.45, 2.75) is 56.5 Å². The molecule has 0 aliphatic heterocycles. The number of nitrogens with zero attached hydrogens (tertiary/aromatic N) is 2. The van der Waals surface area contributed by atoms with Crippen LogP contribution in [0.25, 0.3) is 0 Å². The number of hydrogen-bond donors (Lipinski definition) is 3. The maximum atomic E-state index is 12.0. The fourth-order valence-corrected chi connectivity index (χ4v) is 3.13. The molecule has 0 atom stereocenters. The summed E-state index contributed by atoms with van der Waals surface area (Å²) in [4.78, 5) is 12.0. The van der Waals surface area contributed by atoms with Crippen molar-refractivity contribution in [2.24, 2.45) is 7.05 Å². The average Bonchev–Trinajstić information content (AvgIpc) is 2.94. The Morgan fingerprint density at radius 2 is 2.14 bits per heavy atom. The number of carbonyl (C=O) groups is 1. The third-order valence-corrected chi connectivity index (χ3v) is 4.78. The molecule has 116 valence electrons. The largest absolute Gasteiger partial charge is 0.388 e. The molecule has 2 amide bonds. The smallest absolute Gasteiger partial charge is 0.320 e. The van der Waals surface area contributed by atoms with Crippen LogP contribution in [-0.4, -0.2) is 33.1 Å². The first-order valence-electron chi connectivity index (χ1n) is 7.87. The molecule has 3 rings (SSSR count). The van der Waals surface area contributed by atoms with E-state index in [-0.39, 0.29) is 6.03 Å². The zero-order valence-electron chi connectivity index (χ0n) is 12.6. The van der Waals surface area contributed by atoms with E-state index in [9.17, 15) is 9.90 Å². The molecule has 0 saturated heterocycles. The number of hydrogen-bond acceptors (Lipinski definition) is 3. The van der Waals surface area contributed by atoms with Gasteiger partial charge in [0, 0.05) is 25.6 Å². The highest BCUT2D eigenvalue weighted by Gasteiger charge is 2.31. The fourth-order valence-electron chi connectivity index (χ4n) is 3.13. The minimum Gasteiger partial charge on any atom is -0.388 e. The number of rotatable bonds is 4. The average molecular weight is 292 g/mol. The molecule has 1 aromatic heterocycles. The topological polar surface area (TPSA) is 79.2 Å². The summed E-state index contributed by atoms with van der Waals surface area (Å²) in [5.74, 6) is 1.25. The first kappa shape index (κ1) is 14.4. The number of anilines is 1. The van der Waals surface area contributed by atoms with Gasteiger partial charge in [-0.05, 0) is 25.7 Å². The number of nitrogens with one attached hydrogen (secondary N) is 2. The van der Waals surface area contributed by atoms with Crippen LogP contribution in [0, 0.1) is 0 Å². The summed E-state index contributed by atoms with van der Waals surface area (Å²) in [6.45, 7) is 0.312. The Hall–Kier alpha value is -1.56. The van der Waals surface area contributed by atoms with Gasteiger partial charge in [0.2, 0.25) is 0 Å². The van der Waals surface area contributed by atoms with Gasteiger partial charge in [-0.1, -0.05) is 19.3 Å². The van der Waals surface area contributed by atoms with Crippen LogP contribution in [0.15, 0.2) is 6.07 Å². The molecule has 0 radical (unpaired) electrons. The van der Waals surface area contributed by atoms with Crippen molar-refractivity contribution in [3.8, 4) is 0 Å². The number of amides is 2. The lowest BCUT2D eigenvalue weighted by Gasteiger charge is -2.22. The lowest BCUT2D eigenvalue weighted by Crippen LogP contribution is -2.42. The quantitative estimate of drug-likeness (QED) is 0.795. The van der Waals surface area contributed by atoms with E-state index in [1.807, 2.05) is 13.1 Å². The van der Waals surface area contributed by atoms with Gasteiger partial charge in [0.25, 0.3) is 0 Å². The van der Waals surface area contributed by atoms with E-state index in [2.05, 4.69) is 15.7 Å². The lowest BCUT2D eigenvalue weighted by molar-refractivity contribution is 0.0506. The van der Waals surface area contributed by atoms with Crippen LogP contribution in [0.1, 0.15) is 56.6 Å². The van der Waals surface area contributed by atoms with Gasteiger partial charge in [0.15, 0.2) is 0 Å². The van der Waals surface area contributed by atoms with Crippen molar-refractivity contribution in [3.05, 3.63) is 11.8 Å². The van der Waals surface area contributed by atoms with Crippen LogP contribution in [-0.2, 0) is 7.05 Å². The summed E-state index contributed by atoms with van der Waals surface area (Å²) in [6, 6.07) is 1.67. The summed E-state index contributed by atoms with van der Waals surface area (Å²) in [6.07, 6.45) is 7.25. The van der Waals surface area contributed by atoms with Gasteiger partial charge in [-0.25, -0.2) is 4.79 Å². The molecule has 6 heteroatoms. The van der Waals surface area contributed by atoms with Gasteiger partial charge in [-0.3, -0.25) is 10.00 Å². The zero-order valence-corrected chi connectivity index (χ0v) is 12.6. The molecule has 1 aromatic rings. The molecule has 2 fully saturated rings. The molecule has 21 heavy (non-hydrogen) atoms. The Labute approximate surface area is 124 Å². The van der Waals surface area contributed by atoms with E-state index in [1.54, 1.807) is 4.68 Å². The number of aliphatic hydroxyl groups is 1. The van der Waals surface area contributed by atoms with E-state index in [4.69, 9.17) is 0 Å². The molecule has 0 aromatic carbocycles. The molecule has 0 spiro atoms. The number of aryl methyl sites for hydroxylation is 1. The van der Waals surface area contributed by atoms with Gasteiger partial charge in [-0.15, -0.1) is 0 Å². The van der Waals surface area contributed by atoms with Crippen LogP contribution in [0.4, 0.5) is 10.6 Å². The Bertz CT molecular complexity index is 516. The highest BCUT2D eigenvalue weighted by Crippen LogP contribution is 2.36. The molecule has 2 aliphatic rings. The molecule has 0 bridgehead atoms. The Balaban J connectivity index is 1.53. The predicted octanol–water partition coefficient (Wildman–Crippen LogP) is 2.11. The molecule has 2 saturated carbocycles. The highest BCUT2D eigenvalue weighted by molar-refractivity contribution is 5.88. The summed E-state index contributed by atoms with van der Waals surface area (Å²) < 4.78 is 1.71. The van der Waals surface area contributed by atoms with Crippen molar-refractivity contribution in [3.63, 3.8) is 0 Å². The third-order valence-electron chi connectivity index (χ3n) is 4.78. The Kier molecular flexibility index (Phi) is 3.89. The van der Waals surface area contributed by atoms with Crippen molar-refractivity contribution < 1.29 is 9.90 Å². The van der Waals surface area contributed by atoms with Crippen LogP contribution in [0.3, 0.4) is 0 Å². The molecule has 2 aliphatic carbocycles. The molecule has 3 N–H and O–H groups in total. The predicted molar refractivity (Wildman–Crippen MR) is 80.2 cm³/mol. The summed E-state index contributed by atoms with van der Waals surface area (Å²) >= 11 is 0. The van der Waals surface area contributed by atoms with E-state index < -0.39 is 5.60 Å². The van der Waals surface area contributed by atoms with Crippen LogP contribution < -0.4 is 10.6 Å². The van der Waals surface area contributed by atoms with Crippen molar-refractivity contribution in [1.82, 2.24) is 15.1 Å². The lowest BCUT2D eigenvalue weighted by atomic mass is 9.83. The molecular formula is C15H24N4O2. The molecule has 1 heterocycles. The zero-order chi connectivity index (χ0) is 14.9. The first-order valence-corrected chi connectivity index (χ1v) is 7.87. The third kappa shape index (κ3) is 3.20. The fraction of sp³-hybridized carbons (Fsp3) is 0.733. The highest BCUT2D eigenvalue weighted by atomic mass is 16.3. The van der Waals surface area contributed by atoms with Crippen LogP contribution in [0.5, 0.6) is 0 Å². The van der Waals surface area contributed by atoms with Gasteiger partial charge in [-0.2, -0.15) is 5.10 Å². The van der Waals surface area contributed by atoms with E-state index in [0.717, 1.165) is 31.4 Å². The maximum absolute atomic E-state index is 12.0. The van der Waals surface area contributed by atoms with Gasteiger partial charge < -0.3 is 10.4 Å². The van der Waals surface area contributed by atoms with Crippen LogP contribution in [0.2, 0.25) is 0 Å². The molecular weight excluding hydrogens is 268 g/mol. The first-order chi connectivity index (χ1) is 10.1. The Morgan fingerprint density at radius 1 is 1.43 bits per heavy atom. The van der Waals surface area contributed by atoms with E-state index >= 15 is 0 Å². The second kappa shape index (κ2) is 5.67. The van der Waals surface area contributed by atoms with Gasteiger partial charge in [0.05, 0.1) is 11.3 Å². The van der Waals surface area contributed by atoms with Crippen molar-refractivity contribution >= 4 is 11.8 Å². The number of aromatic nitrogens is 2. The summed E-state index contributed by atoms with van der Waals surface area (Å²) in [5.41, 5.74) is 0.342. The summed E-state index contributed by atoms with van der Waals surface area (Å²) in [5, 5.41) is 20.3. The SMILES string of the molecule is Cn1nc(C2CCC2)cc1NC(=O)NCC1(O)CCCC1. The standard InChI is InChI=1S/C15H24N4O2/c1-19-13(9-12(18-19)11-5-4-6-11)17-14(20)16-10-15(21)7-2-3-8-15/h9,11,21H,2-8,10H2,1H3,(H2,16,17,20). The van der Waals surface area contributed by atoms with Gasteiger partial charge >= 0.3 is 6.03 Å². The number of carbonyl (C=O) groups excluding carboxylic acids is 1. The molecule has 6 nitrogen and oxygen atoms in total. The van der Waals surface area contributed by atoms with Crippen molar-refractivity contribution in [1.29, 1.82) is 0 Å². The van der Waals surface area contributed by atoms with Crippen molar-refractivity contribution in [2.75, 3.05) is 11.9 Å². The Morgan fingerprint density at radius 3 is 2.76 bits per heavy atom. The second-order valence-electron chi connectivity index (χ2n) is 6.45. The summed E-state index contributed by atoms with van der Waals surface area (Å²) in [7, 11) is 1.84. The van der Waals surface area contributed by atoms with Crippen LogP contribution >= 0.6 is 0 Å². The number of urea groups is 1. The van der Waals surface area contributed by atoms with E-state index in [1.165, 1.54) is 19.3 Å². The normalized spacial score (nSPS) is 21.0. The maximum Gasteiger partial charge on any atom is 0.320 e. The molecule has 0 unspecified atom stereocenters. The second-order valence-corrected chi connectivity index (χ2v) is 6.45. The minimum atomic E-state index is -0.721.